The van der Waals surface area contributed by atoms with Gasteiger partial charge in [-0.15, -0.1) is 0 Å². The van der Waals surface area contributed by atoms with Gasteiger partial charge in [-0.3, -0.25) is 0 Å². The second-order valence-electron chi connectivity index (χ2n) is 20.6. The van der Waals surface area contributed by atoms with E-state index in [-0.39, 0.29) is 28.8 Å². The molecule has 2 unspecified atom stereocenters. The quantitative estimate of drug-likeness (QED) is 0.0762. The molecular weight excluding hydrogens is 805 g/mol. The van der Waals surface area contributed by atoms with Crippen LogP contribution in [0, 0.1) is 5.92 Å². The van der Waals surface area contributed by atoms with Gasteiger partial charge in [0.1, 0.15) is 70.6 Å². The van der Waals surface area contributed by atoms with Crippen LogP contribution in [0.3, 0.4) is 0 Å². The van der Waals surface area contributed by atoms with Crippen molar-refractivity contribution in [2.45, 2.75) is 144 Å². The van der Waals surface area contributed by atoms with E-state index >= 15 is 0 Å². The summed E-state index contributed by atoms with van der Waals surface area (Å²) in [6.45, 7) is 23.9. The van der Waals surface area contributed by atoms with Gasteiger partial charge in [-0.2, -0.15) is 0 Å². The lowest BCUT2D eigenvalue weighted by Crippen LogP contribution is -2.22. The average Bonchev–Trinajstić information content (AvgIpc) is 3.24. The predicted octanol–water partition coefficient (Wildman–Crippen LogP) is 15.5. The monoisotopic (exact) mass is 877 g/mol. The van der Waals surface area contributed by atoms with E-state index in [1.807, 2.05) is 114 Å². The van der Waals surface area contributed by atoms with Crippen molar-refractivity contribution in [3.05, 3.63) is 179 Å². The topological polar surface area (TPSA) is 55.4 Å². The normalized spacial score (nSPS) is 12.9. The van der Waals surface area contributed by atoms with Crippen molar-refractivity contribution in [3.63, 3.8) is 0 Å². The maximum Gasteiger partial charge on any atom is 0.124 e. The number of hydrogen-bond donors (Lipinski definition) is 0. The molecule has 0 aliphatic rings. The molecule has 0 aliphatic carbocycles. The van der Waals surface area contributed by atoms with Gasteiger partial charge in [0, 0.05) is 0 Å². The summed E-state index contributed by atoms with van der Waals surface area (Å²) in [6.07, 6.45) is 3.57. The molecule has 0 amide bonds. The van der Waals surface area contributed by atoms with Gasteiger partial charge in [-0.25, -0.2) is 0 Å². The minimum atomic E-state index is -0.295. The summed E-state index contributed by atoms with van der Waals surface area (Å²) in [5.41, 5.74) is 6.51. The predicted molar refractivity (Wildman–Crippen MR) is 266 cm³/mol. The first kappa shape index (κ1) is 48.6. The Kier molecular flexibility index (Phi) is 16.3. The lowest BCUT2D eigenvalue weighted by molar-refractivity contribution is 0.130. The molecule has 344 valence electrons. The van der Waals surface area contributed by atoms with Gasteiger partial charge in [0.15, 0.2) is 0 Å². The first-order valence-electron chi connectivity index (χ1n) is 23.4. The number of aryl methyl sites for hydroxylation is 1. The zero-order chi connectivity index (χ0) is 46.6. The van der Waals surface area contributed by atoms with E-state index in [1.165, 1.54) is 16.7 Å². The molecule has 0 bridgehead atoms. The average molecular weight is 877 g/mol. The highest BCUT2D eigenvalue weighted by Crippen LogP contribution is 2.37. The fourth-order valence-corrected chi connectivity index (χ4v) is 7.65. The van der Waals surface area contributed by atoms with Crippen LogP contribution in [-0.4, -0.2) is 16.8 Å². The Morgan fingerprint density at radius 2 is 0.738 bits per heavy atom. The first-order chi connectivity index (χ1) is 30.8. The van der Waals surface area contributed by atoms with Crippen LogP contribution in [0.5, 0.6) is 34.5 Å². The van der Waals surface area contributed by atoms with Crippen molar-refractivity contribution in [2.75, 3.05) is 0 Å². The van der Waals surface area contributed by atoms with Crippen LogP contribution in [0.15, 0.2) is 146 Å². The maximum absolute atomic E-state index is 6.98. The summed E-state index contributed by atoms with van der Waals surface area (Å²) in [5, 5.41) is 0. The molecule has 0 radical (unpaired) electrons. The van der Waals surface area contributed by atoms with Gasteiger partial charge in [-0.05, 0) is 206 Å². The molecule has 0 N–H and O–H groups in total. The zero-order valence-electron chi connectivity index (χ0n) is 40.8. The molecule has 6 aromatic carbocycles. The maximum atomic E-state index is 6.98. The first-order valence-corrected chi connectivity index (χ1v) is 23.4. The Labute approximate surface area is 390 Å². The van der Waals surface area contributed by atoms with Crippen molar-refractivity contribution in [1.29, 1.82) is 0 Å². The summed E-state index contributed by atoms with van der Waals surface area (Å²) in [6, 6.07) is 50.5. The molecule has 0 heterocycles. The molecule has 0 fully saturated rings. The molecule has 6 nitrogen and oxygen atoms in total. The van der Waals surface area contributed by atoms with Crippen LogP contribution in [0.2, 0.25) is 0 Å². The van der Waals surface area contributed by atoms with Crippen LogP contribution in [-0.2, 0) is 26.1 Å². The molecule has 65 heavy (non-hydrogen) atoms. The second-order valence-corrected chi connectivity index (χ2v) is 20.6. The molecule has 0 aliphatic heterocycles. The van der Waals surface area contributed by atoms with Gasteiger partial charge in [0.05, 0.1) is 0 Å². The van der Waals surface area contributed by atoms with Gasteiger partial charge in [0.2, 0.25) is 0 Å². The fraction of sp³-hybridized carbons (Fsp3) is 0.390. The van der Waals surface area contributed by atoms with Crippen LogP contribution >= 0.6 is 0 Å². The molecule has 6 rings (SSSR count). The Hall–Kier alpha value is -5.88. The lowest BCUT2D eigenvalue weighted by Gasteiger charge is -2.26. The third-order valence-electron chi connectivity index (χ3n) is 10.6. The number of benzene rings is 6. The van der Waals surface area contributed by atoms with E-state index in [4.69, 9.17) is 28.4 Å². The highest BCUT2D eigenvalue weighted by Gasteiger charge is 2.23. The largest absolute Gasteiger partial charge is 0.489 e. The number of rotatable bonds is 20. The molecule has 6 aromatic rings. The Bertz CT molecular complexity index is 2310. The van der Waals surface area contributed by atoms with Gasteiger partial charge < -0.3 is 28.4 Å². The SMILES string of the molecule is CC(C)Cc1ccc(CCC(CC(Oc2ccc(OC(C)(C)C)cc2)c2ccc(COc3ccc(OC(C)(C)C)cc3)cc2)c2ccc(COc3ccc(OC(C)(C)C)cc3)cc2)cc1. The zero-order valence-corrected chi connectivity index (χ0v) is 40.8. The molecule has 0 spiro atoms. The van der Waals surface area contributed by atoms with Crippen molar-refractivity contribution in [3.8, 4) is 34.5 Å². The van der Waals surface area contributed by atoms with E-state index in [2.05, 4.69) is 107 Å². The Morgan fingerprint density at radius 3 is 1.14 bits per heavy atom. The molecule has 0 saturated heterocycles. The van der Waals surface area contributed by atoms with Crippen LogP contribution in [0.1, 0.15) is 134 Å². The third kappa shape index (κ3) is 16.9. The van der Waals surface area contributed by atoms with Gasteiger partial charge >= 0.3 is 0 Å². The van der Waals surface area contributed by atoms with Crippen molar-refractivity contribution < 1.29 is 28.4 Å². The Morgan fingerprint density at radius 1 is 0.385 bits per heavy atom. The molecule has 2 atom stereocenters. The van der Waals surface area contributed by atoms with Crippen molar-refractivity contribution >= 4 is 0 Å². The van der Waals surface area contributed by atoms with Crippen LogP contribution < -0.4 is 28.4 Å². The van der Waals surface area contributed by atoms with E-state index in [0.717, 1.165) is 76.9 Å². The summed E-state index contributed by atoms with van der Waals surface area (Å²) in [4.78, 5) is 0. The van der Waals surface area contributed by atoms with E-state index in [0.29, 0.717) is 19.1 Å². The summed E-state index contributed by atoms with van der Waals surface area (Å²) in [7, 11) is 0. The molecular formula is C59H72O6. The molecule has 0 aromatic heterocycles. The minimum Gasteiger partial charge on any atom is -0.489 e. The minimum absolute atomic E-state index is 0.206. The summed E-state index contributed by atoms with van der Waals surface area (Å²) >= 11 is 0. The van der Waals surface area contributed by atoms with E-state index < -0.39 is 0 Å². The fourth-order valence-electron chi connectivity index (χ4n) is 7.65. The Balaban J connectivity index is 1.22. The van der Waals surface area contributed by atoms with Crippen LogP contribution in [0.25, 0.3) is 0 Å². The highest BCUT2D eigenvalue weighted by molar-refractivity contribution is 5.36. The molecule has 0 saturated carbocycles. The van der Waals surface area contributed by atoms with Crippen molar-refractivity contribution in [1.82, 2.24) is 0 Å². The second kappa shape index (κ2) is 21.9. The summed E-state index contributed by atoms with van der Waals surface area (Å²) in [5.74, 6) is 5.70. The number of hydrogen-bond acceptors (Lipinski definition) is 6. The van der Waals surface area contributed by atoms with Gasteiger partial charge in [0.25, 0.3) is 0 Å². The molecule has 6 heteroatoms. The lowest BCUT2D eigenvalue weighted by atomic mass is 9.85. The third-order valence-corrected chi connectivity index (χ3v) is 10.6. The van der Waals surface area contributed by atoms with Crippen molar-refractivity contribution in [2.24, 2.45) is 5.92 Å². The summed E-state index contributed by atoms with van der Waals surface area (Å²) < 4.78 is 37.5. The van der Waals surface area contributed by atoms with Crippen LogP contribution in [0.4, 0.5) is 0 Å². The standard InChI is InChI=1S/C59H72O6/c1-42(2)38-44-14-12-43(13-15-44)16-25-49(47-21-17-45(18-22-47)40-60-50-26-32-53(33-27-50)63-57(3,4)5)39-56(62-52-30-36-55(37-31-52)65-59(9,10)11)48-23-19-46(20-24-48)41-61-51-28-34-54(35-29-51)64-58(6,7)8/h12-15,17-24,26-37,42,49,56H,16,25,38-41H2,1-11H3. The van der Waals surface area contributed by atoms with Gasteiger partial charge in [-0.1, -0.05) is 86.6 Å². The highest BCUT2D eigenvalue weighted by atomic mass is 16.5. The number of ether oxygens (including phenoxy) is 6. The van der Waals surface area contributed by atoms with E-state index in [9.17, 15) is 0 Å². The van der Waals surface area contributed by atoms with E-state index in [1.54, 1.807) is 0 Å². The smallest absolute Gasteiger partial charge is 0.124 e.